The van der Waals surface area contributed by atoms with E-state index in [9.17, 15) is 0 Å². The van der Waals surface area contributed by atoms with E-state index in [2.05, 4.69) is 35.5 Å². The lowest BCUT2D eigenvalue weighted by molar-refractivity contribution is 0.101. The molecule has 2 aliphatic rings. The van der Waals surface area contributed by atoms with Crippen molar-refractivity contribution < 1.29 is 9.47 Å². The van der Waals surface area contributed by atoms with Crippen molar-refractivity contribution in [2.24, 2.45) is 0 Å². The van der Waals surface area contributed by atoms with Gasteiger partial charge in [-0.15, -0.1) is 0 Å². The molecule has 2 atom stereocenters. The van der Waals surface area contributed by atoms with Crippen LogP contribution in [0.2, 0.25) is 0 Å². The minimum absolute atomic E-state index is 0.269. The number of piperidine rings is 2. The fourth-order valence-electron chi connectivity index (χ4n) is 3.72. The molecule has 2 saturated heterocycles. The first-order chi connectivity index (χ1) is 11.2. The van der Waals surface area contributed by atoms with Gasteiger partial charge in [0.2, 0.25) is 0 Å². The molecule has 3 rings (SSSR count). The van der Waals surface area contributed by atoms with Gasteiger partial charge in [0.15, 0.2) is 11.5 Å². The van der Waals surface area contributed by atoms with Crippen LogP contribution in [0.4, 0.5) is 0 Å². The maximum atomic E-state index is 6.29. The molecule has 2 aliphatic heterocycles. The van der Waals surface area contributed by atoms with Crippen molar-refractivity contribution in [3.8, 4) is 11.5 Å². The highest BCUT2D eigenvalue weighted by Gasteiger charge is 2.21. The number of ether oxygens (including phenoxy) is 2. The fourth-order valence-corrected chi connectivity index (χ4v) is 3.72. The smallest absolute Gasteiger partial charge is 0.161 e. The van der Waals surface area contributed by atoms with Gasteiger partial charge < -0.3 is 19.7 Å². The zero-order valence-electron chi connectivity index (χ0n) is 14.5. The van der Waals surface area contributed by atoms with Crippen molar-refractivity contribution >= 4 is 0 Å². The molecule has 0 aromatic heterocycles. The molecular weight excluding hydrogens is 288 g/mol. The Hall–Kier alpha value is -1.26. The number of likely N-dealkylation sites (N-methyl/N-ethyl adjacent to an activating group) is 1. The second kappa shape index (κ2) is 8.02. The number of hydrogen-bond acceptors (Lipinski definition) is 4. The Balaban J connectivity index is 1.68. The molecule has 0 radical (unpaired) electrons. The Labute approximate surface area is 140 Å². The van der Waals surface area contributed by atoms with Crippen molar-refractivity contribution in [2.45, 2.75) is 50.7 Å². The van der Waals surface area contributed by atoms with Gasteiger partial charge >= 0.3 is 0 Å². The number of hydrogen-bond donors (Lipinski definition) is 1. The van der Waals surface area contributed by atoms with E-state index >= 15 is 0 Å². The molecule has 2 unspecified atom stereocenters. The lowest BCUT2D eigenvalue weighted by Crippen LogP contribution is -2.38. The lowest BCUT2D eigenvalue weighted by atomic mass is 9.97. The van der Waals surface area contributed by atoms with Crippen molar-refractivity contribution in [3.63, 3.8) is 0 Å². The Morgan fingerprint density at radius 2 is 2.09 bits per heavy atom. The van der Waals surface area contributed by atoms with E-state index in [1.807, 2.05) is 0 Å². The highest BCUT2D eigenvalue weighted by Crippen LogP contribution is 2.31. The standard InChI is InChI=1S/C19H30N2O2/c1-21-11-5-7-17(14-21)23-19-13-15(8-9-18(19)22-2)12-16-6-3-4-10-20-16/h8-9,13,16-17,20H,3-7,10-12,14H2,1-2H3. The minimum atomic E-state index is 0.269. The van der Waals surface area contributed by atoms with Crippen LogP contribution in [0.3, 0.4) is 0 Å². The third kappa shape index (κ3) is 4.61. The molecule has 0 bridgehead atoms. The number of rotatable bonds is 5. The molecule has 2 fully saturated rings. The van der Waals surface area contributed by atoms with Gasteiger partial charge in [0, 0.05) is 12.6 Å². The van der Waals surface area contributed by atoms with Gasteiger partial charge in [0.25, 0.3) is 0 Å². The van der Waals surface area contributed by atoms with Crippen LogP contribution in [0.5, 0.6) is 11.5 Å². The van der Waals surface area contributed by atoms with E-state index in [0.29, 0.717) is 6.04 Å². The average molecular weight is 318 g/mol. The minimum Gasteiger partial charge on any atom is -0.493 e. The predicted octanol–water partition coefficient (Wildman–Crippen LogP) is 2.85. The van der Waals surface area contributed by atoms with Crippen molar-refractivity contribution in [1.29, 1.82) is 0 Å². The van der Waals surface area contributed by atoms with Gasteiger partial charge in [-0.25, -0.2) is 0 Å². The Bertz CT molecular complexity index is 500. The molecule has 0 saturated carbocycles. The molecule has 23 heavy (non-hydrogen) atoms. The predicted molar refractivity (Wildman–Crippen MR) is 93.5 cm³/mol. The summed E-state index contributed by atoms with van der Waals surface area (Å²) in [5.41, 5.74) is 1.34. The first-order valence-corrected chi connectivity index (χ1v) is 9.00. The molecule has 1 aromatic rings. The van der Waals surface area contributed by atoms with E-state index in [1.165, 1.54) is 37.8 Å². The first kappa shape index (κ1) is 16.6. The SMILES string of the molecule is COc1ccc(CC2CCCCN2)cc1OC1CCCN(C)C1. The quantitative estimate of drug-likeness (QED) is 0.905. The van der Waals surface area contributed by atoms with Crippen LogP contribution in [0, 0.1) is 0 Å². The number of methoxy groups -OCH3 is 1. The summed E-state index contributed by atoms with van der Waals surface area (Å²) in [6.45, 7) is 3.32. The number of likely N-dealkylation sites (tertiary alicyclic amines) is 1. The lowest BCUT2D eigenvalue weighted by Gasteiger charge is -2.30. The molecule has 128 valence electrons. The molecule has 1 N–H and O–H groups in total. The summed E-state index contributed by atoms with van der Waals surface area (Å²) in [5.74, 6) is 1.75. The van der Waals surface area contributed by atoms with Gasteiger partial charge in [-0.05, 0) is 69.9 Å². The van der Waals surface area contributed by atoms with Gasteiger partial charge in [0.05, 0.1) is 7.11 Å². The fraction of sp³-hybridized carbons (Fsp3) is 0.684. The van der Waals surface area contributed by atoms with Crippen LogP contribution in [-0.2, 0) is 6.42 Å². The Morgan fingerprint density at radius 3 is 2.83 bits per heavy atom. The van der Waals surface area contributed by atoms with E-state index < -0.39 is 0 Å². The normalized spacial score (nSPS) is 26.0. The summed E-state index contributed by atoms with van der Waals surface area (Å²) in [7, 11) is 3.88. The third-order valence-electron chi connectivity index (χ3n) is 5.00. The average Bonchev–Trinajstić information content (AvgIpc) is 2.56. The van der Waals surface area contributed by atoms with Crippen LogP contribution in [0.25, 0.3) is 0 Å². The van der Waals surface area contributed by atoms with Gasteiger partial charge in [-0.3, -0.25) is 0 Å². The molecule has 1 aromatic carbocycles. The summed E-state index contributed by atoms with van der Waals surface area (Å²) < 4.78 is 11.8. The third-order valence-corrected chi connectivity index (χ3v) is 5.00. The highest BCUT2D eigenvalue weighted by molar-refractivity contribution is 5.43. The molecular formula is C19H30N2O2. The summed E-state index contributed by atoms with van der Waals surface area (Å²) in [6, 6.07) is 7.02. The maximum absolute atomic E-state index is 6.29. The Morgan fingerprint density at radius 1 is 1.17 bits per heavy atom. The van der Waals surface area contributed by atoms with E-state index in [1.54, 1.807) is 7.11 Å². The number of nitrogens with zero attached hydrogens (tertiary/aromatic N) is 1. The van der Waals surface area contributed by atoms with E-state index in [4.69, 9.17) is 9.47 Å². The largest absolute Gasteiger partial charge is 0.493 e. The number of benzene rings is 1. The van der Waals surface area contributed by atoms with Gasteiger partial charge in [-0.2, -0.15) is 0 Å². The van der Waals surface area contributed by atoms with Gasteiger partial charge in [-0.1, -0.05) is 12.5 Å². The van der Waals surface area contributed by atoms with Crippen LogP contribution < -0.4 is 14.8 Å². The van der Waals surface area contributed by atoms with E-state index in [0.717, 1.165) is 37.4 Å². The van der Waals surface area contributed by atoms with Crippen molar-refractivity contribution in [3.05, 3.63) is 23.8 Å². The second-order valence-corrected chi connectivity index (χ2v) is 6.98. The Kier molecular flexibility index (Phi) is 5.79. The maximum Gasteiger partial charge on any atom is 0.161 e. The van der Waals surface area contributed by atoms with Crippen LogP contribution in [0.15, 0.2) is 18.2 Å². The molecule has 4 heteroatoms. The summed E-state index contributed by atoms with van der Waals surface area (Å²) in [6.07, 6.45) is 7.59. The van der Waals surface area contributed by atoms with Crippen molar-refractivity contribution in [1.82, 2.24) is 10.2 Å². The van der Waals surface area contributed by atoms with Crippen LogP contribution in [-0.4, -0.2) is 50.8 Å². The molecule has 4 nitrogen and oxygen atoms in total. The second-order valence-electron chi connectivity index (χ2n) is 6.98. The topological polar surface area (TPSA) is 33.7 Å². The zero-order valence-corrected chi connectivity index (χ0v) is 14.5. The highest BCUT2D eigenvalue weighted by atomic mass is 16.5. The van der Waals surface area contributed by atoms with Gasteiger partial charge in [0.1, 0.15) is 6.10 Å². The monoisotopic (exact) mass is 318 g/mol. The summed E-state index contributed by atoms with van der Waals surface area (Å²) >= 11 is 0. The van der Waals surface area contributed by atoms with Crippen LogP contribution in [0.1, 0.15) is 37.7 Å². The van der Waals surface area contributed by atoms with E-state index in [-0.39, 0.29) is 6.10 Å². The molecule has 2 heterocycles. The summed E-state index contributed by atoms with van der Waals surface area (Å²) in [5, 5.41) is 3.62. The first-order valence-electron chi connectivity index (χ1n) is 9.00. The van der Waals surface area contributed by atoms with Crippen molar-refractivity contribution in [2.75, 3.05) is 33.8 Å². The zero-order chi connectivity index (χ0) is 16.1. The molecule has 0 spiro atoms. The number of nitrogens with one attached hydrogen (secondary N) is 1. The molecule has 0 amide bonds. The summed E-state index contributed by atoms with van der Waals surface area (Å²) in [4.78, 5) is 2.34. The van der Waals surface area contributed by atoms with Crippen LogP contribution >= 0.6 is 0 Å². The molecule has 0 aliphatic carbocycles.